The highest BCUT2D eigenvalue weighted by Gasteiger charge is 2.00. The summed E-state index contributed by atoms with van der Waals surface area (Å²) < 4.78 is 5.06. The van der Waals surface area contributed by atoms with Crippen molar-refractivity contribution in [3.8, 4) is 11.8 Å². The highest BCUT2D eigenvalue weighted by Crippen LogP contribution is 2.15. The molecule has 0 heterocycles. The zero-order chi connectivity index (χ0) is 15.8. The number of rotatable bonds is 3. The molecule has 0 atom stereocenters. The van der Waals surface area contributed by atoms with Gasteiger partial charge in [0, 0.05) is 16.3 Å². The first-order valence-electron chi connectivity index (χ1n) is 6.63. The molecule has 0 aliphatic rings. The molecular weight excluding hydrogens is 300 g/mol. The lowest BCUT2D eigenvalue weighted by molar-refractivity contribution is 0.141. The van der Waals surface area contributed by atoms with Crippen molar-refractivity contribution < 1.29 is 9.53 Å². The monoisotopic (exact) mass is 314 g/mol. The molecule has 2 aromatic carbocycles. The number of carbonyl (C=O) groups is 1. The van der Waals surface area contributed by atoms with Crippen LogP contribution < -0.4 is 11.1 Å². The molecule has 0 bridgehead atoms. The zero-order valence-electron chi connectivity index (χ0n) is 11.8. The van der Waals surface area contributed by atoms with Gasteiger partial charge in [-0.05, 0) is 23.8 Å². The summed E-state index contributed by atoms with van der Waals surface area (Å²) in [5.74, 6) is 5.68. The van der Waals surface area contributed by atoms with Crippen LogP contribution in [0.4, 0.5) is 10.5 Å². The first kappa shape index (κ1) is 15.7. The number of nitrogens with two attached hydrogens (primary N) is 1. The van der Waals surface area contributed by atoms with Gasteiger partial charge in [0.1, 0.15) is 6.61 Å². The maximum Gasteiger partial charge on any atom is 0.408 e. The van der Waals surface area contributed by atoms with Crippen LogP contribution in [0.1, 0.15) is 11.1 Å². The number of benzene rings is 2. The normalized spacial score (nSPS) is 9.50. The summed E-state index contributed by atoms with van der Waals surface area (Å²) >= 11 is 5.88. The van der Waals surface area contributed by atoms with Gasteiger partial charge in [-0.15, -0.1) is 0 Å². The van der Waals surface area contributed by atoms with Crippen LogP contribution in [0.3, 0.4) is 0 Å². The molecule has 2 rings (SSSR count). The number of hydrogen-bond donors (Lipinski definition) is 2. The van der Waals surface area contributed by atoms with Gasteiger partial charge in [-0.25, -0.2) is 4.79 Å². The molecule has 0 fully saturated rings. The Morgan fingerprint density at radius 1 is 1.23 bits per heavy atom. The maximum atomic E-state index is 11.5. The van der Waals surface area contributed by atoms with Gasteiger partial charge in [-0.1, -0.05) is 53.8 Å². The summed E-state index contributed by atoms with van der Waals surface area (Å²) in [6.45, 7) is 0.408. The lowest BCUT2D eigenvalue weighted by atomic mass is 10.2. The van der Waals surface area contributed by atoms with E-state index in [9.17, 15) is 4.79 Å². The van der Waals surface area contributed by atoms with Crippen molar-refractivity contribution in [3.63, 3.8) is 0 Å². The van der Waals surface area contributed by atoms with Crippen LogP contribution in [-0.2, 0) is 11.3 Å². The Balaban J connectivity index is 1.76. The van der Waals surface area contributed by atoms with E-state index in [1.165, 1.54) is 0 Å². The van der Waals surface area contributed by atoms with Gasteiger partial charge in [0.25, 0.3) is 0 Å². The number of nitrogen functional groups attached to an aromatic ring is 1. The van der Waals surface area contributed by atoms with Crippen molar-refractivity contribution in [2.45, 2.75) is 6.61 Å². The van der Waals surface area contributed by atoms with E-state index < -0.39 is 6.09 Å². The van der Waals surface area contributed by atoms with Crippen LogP contribution >= 0.6 is 11.6 Å². The fourth-order valence-corrected chi connectivity index (χ4v) is 1.96. The van der Waals surface area contributed by atoms with Gasteiger partial charge in [0.2, 0.25) is 0 Å². The average Bonchev–Trinajstić information content (AvgIpc) is 2.50. The third-order valence-corrected chi connectivity index (χ3v) is 2.90. The first-order valence-corrected chi connectivity index (χ1v) is 7.01. The summed E-state index contributed by atoms with van der Waals surface area (Å²) in [5.41, 5.74) is 7.84. The van der Waals surface area contributed by atoms with Gasteiger partial charge >= 0.3 is 6.09 Å². The van der Waals surface area contributed by atoms with Crippen LogP contribution in [0.15, 0.2) is 48.5 Å². The highest BCUT2D eigenvalue weighted by atomic mass is 35.5. The van der Waals surface area contributed by atoms with Crippen molar-refractivity contribution >= 4 is 23.4 Å². The third kappa shape index (κ3) is 5.39. The van der Waals surface area contributed by atoms with E-state index in [1.807, 2.05) is 30.3 Å². The smallest absolute Gasteiger partial charge is 0.408 e. The molecule has 0 aromatic heterocycles. The molecular formula is C17H15ClN2O2. The molecule has 2 aromatic rings. The predicted molar refractivity (Wildman–Crippen MR) is 87.4 cm³/mol. The van der Waals surface area contributed by atoms with Gasteiger partial charge in [-0.3, -0.25) is 0 Å². The second-order valence-electron chi connectivity index (χ2n) is 4.49. The van der Waals surface area contributed by atoms with Crippen LogP contribution in [0, 0.1) is 11.8 Å². The molecule has 4 nitrogen and oxygen atoms in total. The van der Waals surface area contributed by atoms with Gasteiger partial charge < -0.3 is 15.8 Å². The zero-order valence-corrected chi connectivity index (χ0v) is 12.6. The van der Waals surface area contributed by atoms with E-state index in [1.54, 1.807) is 18.2 Å². The molecule has 0 unspecified atom stereocenters. The van der Waals surface area contributed by atoms with Crippen molar-refractivity contribution in [2.24, 2.45) is 0 Å². The standard InChI is InChI=1S/C17H15ClN2O2/c18-15-9-14(10-16(19)11-15)7-4-8-20-17(21)22-12-13-5-2-1-3-6-13/h1-3,5-6,9-11H,8,12,19H2,(H,20,21). The summed E-state index contributed by atoms with van der Waals surface area (Å²) in [6.07, 6.45) is -0.510. The minimum Gasteiger partial charge on any atom is -0.445 e. The van der Waals surface area contributed by atoms with Crippen molar-refractivity contribution in [3.05, 3.63) is 64.7 Å². The minimum atomic E-state index is -0.510. The predicted octanol–water partition coefficient (Wildman–Crippen LogP) is 3.20. The average molecular weight is 315 g/mol. The van der Waals surface area contributed by atoms with E-state index in [2.05, 4.69) is 17.2 Å². The second kappa shape index (κ2) is 7.96. The number of halogens is 1. The van der Waals surface area contributed by atoms with Crippen LogP contribution in [0.5, 0.6) is 0 Å². The Bertz CT molecular complexity index is 685. The van der Waals surface area contributed by atoms with Crippen molar-refractivity contribution in [1.29, 1.82) is 0 Å². The van der Waals surface area contributed by atoms with Crippen LogP contribution in [-0.4, -0.2) is 12.6 Å². The fraction of sp³-hybridized carbons (Fsp3) is 0.118. The Hall–Kier alpha value is -2.64. The van der Waals surface area contributed by atoms with Crippen LogP contribution in [0.2, 0.25) is 5.02 Å². The molecule has 112 valence electrons. The molecule has 0 aliphatic heterocycles. The lowest BCUT2D eigenvalue weighted by Gasteiger charge is -2.04. The summed E-state index contributed by atoms with van der Waals surface area (Å²) in [6, 6.07) is 14.5. The summed E-state index contributed by atoms with van der Waals surface area (Å²) in [7, 11) is 0. The number of nitrogens with one attached hydrogen (secondary N) is 1. The number of amides is 1. The fourth-order valence-electron chi connectivity index (χ4n) is 1.72. The first-order chi connectivity index (χ1) is 10.6. The van der Waals surface area contributed by atoms with E-state index in [4.69, 9.17) is 22.1 Å². The molecule has 0 radical (unpaired) electrons. The number of ether oxygens (including phenoxy) is 1. The number of anilines is 1. The van der Waals surface area contributed by atoms with E-state index in [0.717, 1.165) is 5.56 Å². The number of carbonyl (C=O) groups excluding carboxylic acids is 1. The third-order valence-electron chi connectivity index (χ3n) is 2.69. The Labute approximate surface area is 134 Å². The molecule has 0 spiro atoms. The Kier molecular flexibility index (Phi) is 5.70. The lowest BCUT2D eigenvalue weighted by Crippen LogP contribution is -2.24. The number of hydrogen-bond acceptors (Lipinski definition) is 3. The topological polar surface area (TPSA) is 64.3 Å². The molecule has 22 heavy (non-hydrogen) atoms. The minimum absolute atomic E-state index is 0.181. The van der Waals surface area contributed by atoms with Gasteiger partial charge in [-0.2, -0.15) is 0 Å². The van der Waals surface area contributed by atoms with Crippen molar-refractivity contribution in [2.75, 3.05) is 12.3 Å². The summed E-state index contributed by atoms with van der Waals surface area (Å²) in [4.78, 5) is 11.5. The van der Waals surface area contributed by atoms with E-state index >= 15 is 0 Å². The van der Waals surface area contributed by atoms with Gasteiger partial charge in [0.05, 0.1) is 6.54 Å². The maximum absolute atomic E-state index is 11.5. The Morgan fingerprint density at radius 2 is 2.00 bits per heavy atom. The second-order valence-corrected chi connectivity index (χ2v) is 4.93. The summed E-state index contributed by atoms with van der Waals surface area (Å²) in [5, 5.41) is 3.08. The SMILES string of the molecule is Nc1cc(Cl)cc(C#CCNC(=O)OCc2ccccc2)c1. The van der Waals surface area contributed by atoms with Crippen LogP contribution in [0.25, 0.3) is 0 Å². The Morgan fingerprint density at radius 3 is 2.73 bits per heavy atom. The molecule has 0 aliphatic carbocycles. The molecule has 5 heteroatoms. The molecule has 0 saturated heterocycles. The van der Waals surface area contributed by atoms with Gasteiger partial charge in [0.15, 0.2) is 0 Å². The molecule has 1 amide bonds. The largest absolute Gasteiger partial charge is 0.445 e. The van der Waals surface area contributed by atoms with E-state index in [0.29, 0.717) is 16.3 Å². The molecule has 3 N–H and O–H groups in total. The molecule has 0 saturated carbocycles. The highest BCUT2D eigenvalue weighted by molar-refractivity contribution is 6.31. The van der Waals surface area contributed by atoms with E-state index in [-0.39, 0.29) is 13.2 Å². The van der Waals surface area contributed by atoms with Crippen molar-refractivity contribution in [1.82, 2.24) is 5.32 Å². The number of alkyl carbamates (subject to hydrolysis) is 1. The quantitative estimate of drug-likeness (QED) is 0.675.